The van der Waals surface area contributed by atoms with Gasteiger partial charge in [0, 0.05) is 10.9 Å². The summed E-state index contributed by atoms with van der Waals surface area (Å²) in [5, 5.41) is 16.3. The van der Waals surface area contributed by atoms with Gasteiger partial charge in [-0.2, -0.15) is 25.4 Å². The number of ether oxygens (including phenoxy) is 1. The third kappa shape index (κ3) is 7.09. The zero-order valence-electron chi connectivity index (χ0n) is 15.4. The molecule has 160 valence electrons. The third-order valence-corrected chi connectivity index (χ3v) is 6.01. The highest BCUT2D eigenvalue weighted by molar-refractivity contribution is 7.90. The number of nitriles is 1. The van der Waals surface area contributed by atoms with Crippen molar-refractivity contribution in [1.82, 2.24) is 10.6 Å². The number of carbonyl (C=O) groups excluding carboxylic acids is 2. The largest absolute Gasteiger partial charge is 0.435 e. The zero-order valence-corrected chi connectivity index (χ0v) is 17.0. The molecule has 0 bridgehead atoms. The van der Waals surface area contributed by atoms with E-state index >= 15 is 0 Å². The SMILES string of the molecule is N#CCNC(=O)[C@H](CS(=O)(=O)Cc1ccccc1OC(F)F)NC(=O)c1ccsc1. The second-order valence-corrected chi connectivity index (χ2v) is 8.84. The van der Waals surface area contributed by atoms with Gasteiger partial charge in [0.15, 0.2) is 9.84 Å². The molecule has 12 heteroatoms. The highest BCUT2D eigenvalue weighted by atomic mass is 32.2. The van der Waals surface area contributed by atoms with Crippen LogP contribution in [0, 0.1) is 11.3 Å². The summed E-state index contributed by atoms with van der Waals surface area (Å²) >= 11 is 1.24. The van der Waals surface area contributed by atoms with E-state index in [-0.39, 0.29) is 23.4 Å². The van der Waals surface area contributed by atoms with Crippen molar-refractivity contribution in [2.45, 2.75) is 18.4 Å². The van der Waals surface area contributed by atoms with Gasteiger partial charge >= 0.3 is 6.61 Å². The number of nitrogens with zero attached hydrogens (tertiary/aromatic N) is 1. The minimum atomic E-state index is -4.06. The molecule has 8 nitrogen and oxygen atoms in total. The van der Waals surface area contributed by atoms with E-state index in [1.165, 1.54) is 47.0 Å². The van der Waals surface area contributed by atoms with Gasteiger partial charge in [0.05, 0.1) is 23.1 Å². The lowest BCUT2D eigenvalue weighted by molar-refractivity contribution is -0.122. The number of thiophene rings is 1. The number of hydrogen-bond acceptors (Lipinski definition) is 7. The summed E-state index contributed by atoms with van der Waals surface area (Å²) < 4.78 is 54.7. The first-order valence-electron chi connectivity index (χ1n) is 8.42. The summed E-state index contributed by atoms with van der Waals surface area (Å²) in [4.78, 5) is 24.6. The fourth-order valence-electron chi connectivity index (χ4n) is 2.45. The van der Waals surface area contributed by atoms with Gasteiger partial charge in [-0.1, -0.05) is 18.2 Å². The predicted molar refractivity (Wildman–Crippen MR) is 105 cm³/mol. The smallest absolute Gasteiger partial charge is 0.387 e. The maximum absolute atomic E-state index is 12.7. The van der Waals surface area contributed by atoms with Gasteiger partial charge in [0.2, 0.25) is 5.91 Å². The number of nitrogens with one attached hydrogen (secondary N) is 2. The fraction of sp³-hybridized carbons (Fsp3) is 0.278. The summed E-state index contributed by atoms with van der Waals surface area (Å²) in [5.41, 5.74) is 0.226. The van der Waals surface area contributed by atoms with Crippen LogP contribution in [0.5, 0.6) is 5.75 Å². The maximum atomic E-state index is 12.7. The van der Waals surface area contributed by atoms with Crippen LogP contribution in [0.1, 0.15) is 15.9 Å². The molecule has 1 aromatic carbocycles. The number of halogens is 2. The minimum absolute atomic E-state index is 0.0156. The number of hydrogen-bond donors (Lipinski definition) is 2. The summed E-state index contributed by atoms with van der Waals surface area (Å²) in [6, 6.07) is 7.07. The van der Waals surface area contributed by atoms with Crippen molar-refractivity contribution in [1.29, 1.82) is 5.26 Å². The lowest BCUT2D eigenvalue weighted by atomic mass is 10.2. The van der Waals surface area contributed by atoms with Crippen LogP contribution in [0.15, 0.2) is 41.1 Å². The maximum Gasteiger partial charge on any atom is 0.387 e. The van der Waals surface area contributed by atoms with Crippen LogP contribution in [-0.2, 0) is 20.4 Å². The lowest BCUT2D eigenvalue weighted by Gasteiger charge is -2.18. The van der Waals surface area contributed by atoms with E-state index in [2.05, 4.69) is 15.4 Å². The third-order valence-electron chi connectivity index (χ3n) is 3.73. The number of para-hydroxylation sites is 1. The predicted octanol–water partition coefficient (Wildman–Crippen LogP) is 1.70. The van der Waals surface area contributed by atoms with Gasteiger partial charge < -0.3 is 15.4 Å². The first kappa shape index (κ1) is 23.2. The van der Waals surface area contributed by atoms with Crippen LogP contribution in [0.3, 0.4) is 0 Å². The topological polar surface area (TPSA) is 125 Å². The number of sulfone groups is 1. The van der Waals surface area contributed by atoms with Gasteiger partial charge in [0.1, 0.15) is 18.3 Å². The Morgan fingerprint density at radius 1 is 1.23 bits per heavy atom. The van der Waals surface area contributed by atoms with E-state index in [1.54, 1.807) is 11.4 Å². The molecule has 0 aliphatic rings. The highest BCUT2D eigenvalue weighted by Gasteiger charge is 2.28. The molecule has 0 fully saturated rings. The Morgan fingerprint density at radius 2 is 1.97 bits per heavy atom. The van der Waals surface area contributed by atoms with Crippen LogP contribution in [0.2, 0.25) is 0 Å². The molecule has 0 saturated heterocycles. The first-order valence-corrected chi connectivity index (χ1v) is 11.2. The van der Waals surface area contributed by atoms with E-state index in [4.69, 9.17) is 5.26 Å². The van der Waals surface area contributed by atoms with E-state index < -0.39 is 45.8 Å². The minimum Gasteiger partial charge on any atom is -0.435 e. The Bertz CT molecular complexity index is 1020. The zero-order chi connectivity index (χ0) is 22.1. The Kier molecular flexibility index (Phi) is 8.25. The quantitative estimate of drug-likeness (QED) is 0.523. The van der Waals surface area contributed by atoms with Crippen LogP contribution in [-0.4, -0.2) is 45.2 Å². The lowest BCUT2D eigenvalue weighted by Crippen LogP contribution is -2.50. The standard InChI is InChI=1S/C18H17F2N3O5S2/c19-18(20)28-15-4-2-1-3-13(15)10-30(26,27)11-14(17(25)22-7-6-21)23-16(24)12-5-8-29-9-12/h1-5,8-9,14,18H,7,10-11H2,(H,22,25)(H,23,24)/t14-/m0/s1. The van der Waals surface area contributed by atoms with Crippen molar-refractivity contribution in [3.05, 3.63) is 52.2 Å². The molecule has 1 heterocycles. The monoisotopic (exact) mass is 457 g/mol. The van der Waals surface area contributed by atoms with Crippen LogP contribution >= 0.6 is 11.3 Å². The number of alkyl halides is 2. The number of benzene rings is 1. The van der Waals surface area contributed by atoms with Crippen molar-refractivity contribution in [3.8, 4) is 11.8 Å². The Morgan fingerprint density at radius 3 is 2.60 bits per heavy atom. The summed E-state index contributed by atoms with van der Waals surface area (Å²) in [6.07, 6.45) is 0. The van der Waals surface area contributed by atoms with Crippen molar-refractivity contribution in [2.24, 2.45) is 0 Å². The van der Waals surface area contributed by atoms with Gasteiger partial charge in [-0.15, -0.1) is 0 Å². The van der Waals surface area contributed by atoms with Crippen LogP contribution in [0.25, 0.3) is 0 Å². The van der Waals surface area contributed by atoms with Crippen molar-refractivity contribution in [3.63, 3.8) is 0 Å². The second kappa shape index (κ2) is 10.7. The highest BCUT2D eigenvalue weighted by Crippen LogP contribution is 2.23. The fourth-order valence-corrected chi connectivity index (χ4v) is 4.66. The number of rotatable bonds is 10. The summed E-state index contributed by atoms with van der Waals surface area (Å²) in [5.74, 6) is -3.32. The Labute approximate surface area is 175 Å². The molecular formula is C18H17F2N3O5S2. The van der Waals surface area contributed by atoms with Gasteiger partial charge in [-0.05, 0) is 17.5 Å². The van der Waals surface area contributed by atoms with E-state index in [1.807, 2.05) is 0 Å². The average molecular weight is 457 g/mol. The number of amides is 2. The molecule has 0 unspecified atom stereocenters. The molecule has 2 rings (SSSR count). The molecule has 1 aromatic heterocycles. The molecule has 30 heavy (non-hydrogen) atoms. The normalized spacial score (nSPS) is 12.1. The molecule has 1 atom stereocenters. The molecule has 0 saturated carbocycles. The van der Waals surface area contributed by atoms with Gasteiger partial charge in [-0.3, -0.25) is 9.59 Å². The van der Waals surface area contributed by atoms with E-state index in [9.17, 15) is 26.8 Å². The molecule has 2 amide bonds. The van der Waals surface area contributed by atoms with E-state index in [0.717, 1.165) is 0 Å². The Balaban J connectivity index is 2.19. The first-order chi connectivity index (χ1) is 14.2. The summed E-state index contributed by atoms with van der Waals surface area (Å²) in [6.45, 7) is -3.52. The molecule has 0 aliphatic heterocycles. The molecule has 2 N–H and O–H groups in total. The van der Waals surface area contributed by atoms with Crippen molar-refractivity contribution < 1.29 is 31.5 Å². The number of carbonyl (C=O) groups is 2. The molecule has 2 aromatic rings. The van der Waals surface area contributed by atoms with Crippen molar-refractivity contribution in [2.75, 3.05) is 12.3 Å². The average Bonchev–Trinajstić information content (AvgIpc) is 3.21. The van der Waals surface area contributed by atoms with Crippen molar-refractivity contribution >= 4 is 33.0 Å². The molecule has 0 aliphatic carbocycles. The van der Waals surface area contributed by atoms with Crippen LogP contribution in [0.4, 0.5) is 8.78 Å². The second-order valence-electron chi connectivity index (χ2n) is 5.95. The van der Waals surface area contributed by atoms with Gasteiger partial charge in [0.25, 0.3) is 5.91 Å². The Hall–Kier alpha value is -3.04. The van der Waals surface area contributed by atoms with Crippen LogP contribution < -0.4 is 15.4 Å². The van der Waals surface area contributed by atoms with E-state index in [0.29, 0.717) is 0 Å². The molecular weight excluding hydrogens is 440 g/mol. The molecule has 0 radical (unpaired) electrons. The van der Waals surface area contributed by atoms with Gasteiger partial charge in [-0.25, -0.2) is 8.42 Å². The molecule has 0 spiro atoms. The summed E-state index contributed by atoms with van der Waals surface area (Å²) in [7, 11) is -4.06.